The van der Waals surface area contributed by atoms with Crippen molar-refractivity contribution in [2.24, 2.45) is 11.8 Å². The van der Waals surface area contributed by atoms with Gasteiger partial charge in [-0.15, -0.1) is 18.3 Å². The average Bonchev–Trinajstić information content (AvgIpc) is 3.45. The molecule has 4 rings (SSSR count). The van der Waals surface area contributed by atoms with Gasteiger partial charge in [0.1, 0.15) is 12.6 Å². The molecule has 206 valence electrons. The molecule has 0 aromatic heterocycles. The topological polar surface area (TPSA) is 87.1 Å². The third kappa shape index (κ3) is 4.70. The summed E-state index contributed by atoms with van der Waals surface area (Å²) < 4.78 is 4.33. The van der Waals surface area contributed by atoms with E-state index < -0.39 is 27.4 Å². The highest BCUT2D eigenvalue weighted by molar-refractivity contribution is 8.02. The molecule has 3 aliphatic heterocycles. The lowest BCUT2D eigenvalue weighted by atomic mass is 9.66. The van der Waals surface area contributed by atoms with Crippen LogP contribution in [0.15, 0.2) is 43.5 Å². The number of ether oxygens (including phenoxy) is 1. The Morgan fingerprint density at radius 3 is 2.66 bits per heavy atom. The number of unbranched alkanes of at least 4 members (excludes halogenated alkanes) is 2. The van der Waals surface area contributed by atoms with Crippen molar-refractivity contribution >= 4 is 35.2 Å². The zero-order valence-electron chi connectivity index (χ0n) is 22.8. The van der Waals surface area contributed by atoms with Gasteiger partial charge in [0.2, 0.25) is 5.91 Å². The van der Waals surface area contributed by atoms with E-state index >= 15 is 0 Å². The number of thioether (sulfide) groups is 1. The van der Waals surface area contributed by atoms with E-state index in [1.54, 1.807) is 27.6 Å². The minimum absolute atomic E-state index is 0.0913. The average molecular weight is 541 g/mol. The fraction of sp³-hybridized carbons (Fsp3) is 0.567. The van der Waals surface area contributed by atoms with Gasteiger partial charge in [-0.2, -0.15) is 0 Å². The van der Waals surface area contributed by atoms with Crippen molar-refractivity contribution in [1.82, 2.24) is 4.90 Å². The second-order valence-corrected chi connectivity index (χ2v) is 12.9. The highest BCUT2D eigenvalue weighted by Crippen LogP contribution is 2.71. The number of carbonyl (C=O) groups excluding carboxylic acids is 3. The summed E-state index contributed by atoms with van der Waals surface area (Å²) in [4.78, 5) is 45.6. The minimum atomic E-state index is -0.699. The Morgan fingerprint density at radius 2 is 1.97 bits per heavy atom. The molecule has 3 heterocycles. The van der Waals surface area contributed by atoms with Crippen LogP contribution in [0.3, 0.4) is 0 Å². The van der Waals surface area contributed by atoms with E-state index in [0.717, 1.165) is 29.7 Å². The number of esters is 1. The molecule has 1 aromatic rings. The van der Waals surface area contributed by atoms with E-state index in [-0.39, 0.29) is 31.0 Å². The number of benzene rings is 1. The van der Waals surface area contributed by atoms with Crippen LogP contribution in [-0.4, -0.2) is 69.6 Å². The summed E-state index contributed by atoms with van der Waals surface area (Å²) >= 11 is 1.64. The molecular formula is C30H40N2O5S. The van der Waals surface area contributed by atoms with Crippen molar-refractivity contribution in [3.05, 3.63) is 54.6 Å². The van der Waals surface area contributed by atoms with Crippen LogP contribution in [-0.2, 0) is 19.1 Å². The molecule has 1 N–H and O–H groups in total. The first-order valence-electron chi connectivity index (χ1n) is 13.5. The number of fused-ring (bicyclic) bond motifs is 1. The molecule has 3 aliphatic rings. The lowest BCUT2D eigenvalue weighted by Crippen LogP contribution is -2.55. The van der Waals surface area contributed by atoms with Gasteiger partial charge in [0, 0.05) is 30.1 Å². The number of aliphatic hydroxyl groups excluding tert-OH is 1. The molecule has 2 bridgehead atoms. The van der Waals surface area contributed by atoms with Gasteiger partial charge in [-0.3, -0.25) is 14.4 Å². The summed E-state index contributed by atoms with van der Waals surface area (Å²) in [6, 6.07) is 5.33. The Kier molecular flexibility index (Phi) is 8.43. The lowest BCUT2D eigenvalue weighted by Gasteiger charge is -2.37. The molecule has 5 atom stereocenters. The molecule has 0 radical (unpaired) electrons. The monoisotopic (exact) mass is 540 g/mol. The second kappa shape index (κ2) is 11.3. The van der Waals surface area contributed by atoms with Gasteiger partial charge in [-0.1, -0.05) is 30.9 Å². The van der Waals surface area contributed by atoms with Crippen LogP contribution in [0.5, 0.6) is 0 Å². The van der Waals surface area contributed by atoms with Crippen LogP contribution in [0.4, 0.5) is 5.69 Å². The first-order chi connectivity index (χ1) is 18.1. The molecule has 1 aromatic carbocycles. The highest BCUT2D eigenvalue weighted by Gasteiger charge is 2.77. The smallest absolute Gasteiger partial charge is 0.311 e. The number of rotatable bonds is 12. The molecule has 2 amide bonds. The molecule has 3 fully saturated rings. The number of amides is 2. The van der Waals surface area contributed by atoms with E-state index in [9.17, 15) is 19.5 Å². The molecule has 38 heavy (non-hydrogen) atoms. The fourth-order valence-electron chi connectivity index (χ4n) is 6.70. The predicted molar refractivity (Wildman–Crippen MR) is 151 cm³/mol. The molecule has 0 saturated carbocycles. The molecule has 8 heteroatoms. The summed E-state index contributed by atoms with van der Waals surface area (Å²) in [6.45, 7) is 14.5. The van der Waals surface area contributed by atoms with E-state index in [1.807, 2.05) is 39.0 Å². The van der Waals surface area contributed by atoms with Crippen molar-refractivity contribution in [1.29, 1.82) is 0 Å². The van der Waals surface area contributed by atoms with Crippen LogP contribution in [0.1, 0.15) is 50.2 Å². The Balaban J connectivity index is 1.78. The van der Waals surface area contributed by atoms with Gasteiger partial charge in [0.15, 0.2) is 0 Å². The van der Waals surface area contributed by atoms with Gasteiger partial charge in [-0.05, 0) is 70.1 Å². The number of carbonyl (C=O) groups is 3. The number of hydrogen-bond acceptors (Lipinski definition) is 6. The maximum atomic E-state index is 14.6. The van der Waals surface area contributed by atoms with Gasteiger partial charge in [0.05, 0.1) is 16.6 Å². The lowest BCUT2D eigenvalue weighted by molar-refractivity contribution is -0.154. The number of hydrogen-bond donors (Lipinski definition) is 1. The maximum Gasteiger partial charge on any atom is 0.311 e. The summed E-state index contributed by atoms with van der Waals surface area (Å²) in [7, 11) is 0. The Labute approximate surface area is 230 Å². The summed E-state index contributed by atoms with van der Waals surface area (Å²) in [5, 5.41) is 9.26. The largest absolute Gasteiger partial charge is 0.461 e. The second-order valence-electron chi connectivity index (χ2n) is 11.0. The zero-order chi connectivity index (χ0) is 27.7. The molecule has 1 spiro atoms. The van der Waals surface area contributed by atoms with Gasteiger partial charge >= 0.3 is 5.97 Å². The van der Waals surface area contributed by atoms with Gasteiger partial charge in [-0.25, -0.2) is 0 Å². The molecule has 0 aliphatic carbocycles. The van der Waals surface area contributed by atoms with Crippen molar-refractivity contribution < 1.29 is 24.2 Å². The van der Waals surface area contributed by atoms with Crippen LogP contribution >= 0.6 is 11.8 Å². The number of aliphatic hydroxyl groups is 1. The summed E-state index contributed by atoms with van der Waals surface area (Å²) in [6.07, 6.45) is 6.75. The first kappa shape index (κ1) is 28.4. The van der Waals surface area contributed by atoms with E-state index in [1.165, 1.54) is 6.08 Å². The van der Waals surface area contributed by atoms with E-state index in [0.29, 0.717) is 32.4 Å². The fourth-order valence-corrected chi connectivity index (χ4v) is 9.04. The van der Waals surface area contributed by atoms with Crippen LogP contribution in [0.25, 0.3) is 0 Å². The predicted octanol–water partition coefficient (Wildman–Crippen LogP) is 4.20. The number of nitrogens with zero attached hydrogens (tertiary/aromatic N) is 2. The van der Waals surface area contributed by atoms with Gasteiger partial charge < -0.3 is 19.6 Å². The quantitative estimate of drug-likeness (QED) is 0.243. The minimum Gasteiger partial charge on any atom is -0.461 e. The molecule has 7 nitrogen and oxygen atoms in total. The Hall–Kier alpha value is -2.58. The Bertz CT molecular complexity index is 1120. The first-order valence-corrected chi connectivity index (χ1v) is 14.4. The van der Waals surface area contributed by atoms with E-state index in [4.69, 9.17) is 4.74 Å². The van der Waals surface area contributed by atoms with Crippen molar-refractivity contribution in [2.45, 2.75) is 68.4 Å². The molecule has 2 unspecified atom stereocenters. The summed E-state index contributed by atoms with van der Waals surface area (Å²) in [5.41, 5.74) is 2.83. The third-order valence-electron chi connectivity index (χ3n) is 8.40. The van der Waals surface area contributed by atoms with Gasteiger partial charge in [0.25, 0.3) is 5.91 Å². The van der Waals surface area contributed by atoms with Crippen LogP contribution < -0.4 is 4.90 Å². The molecule has 3 saturated heterocycles. The normalized spacial score (nSPS) is 29.3. The standard InChI is InChI=1S/C30H40N2O5S/c1-6-15-31(22-19-20(3)11-12-21(22)4)27(35)25-30-14-13-29(5,38-30)24(28(36)37-18-7-2)23(30)26(34)32(25)16-9-8-10-17-33/h6-7,11-12,19,23-25,33H,1-2,8-10,13-18H2,3-5H3/t23-,24+,25?,29-,30?/m0/s1. The highest BCUT2D eigenvalue weighted by atomic mass is 32.2. The zero-order valence-corrected chi connectivity index (χ0v) is 23.6. The SMILES string of the molecule is C=CCOC(=O)[C@H]1[C@H]2C(=O)N(CCCCCO)C(C(=O)N(CC=C)c3cc(C)ccc3C)C23CC[C@]1(C)S3. The third-order valence-corrected chi connectivity index (χ3v) is 10.4. The van der Waals surface area contributed by atoms with Crippen molar-refractivity contribution in [3.8, 4) is 0 Å². The number of anilines is 1. The van der Waals surface area contributed by atoms with Crippen molar-refractivity contribution in [3.63, 3.8) is 0 Å². The maximum absolute atomic E-state index is 14.6. The van der Waals surface area contributed by atoms with E-state index in [2.05, 4.69) is 13.2 Å². The Morgan fingerprint density at radius 1 is 1.21 bits per heavy atom. The van der Waals surface area contributed by atoms with Crippen LogP contribution in [0.2, 0.25) is 0 Å². The van der Waals surface area contributed by atoms with Crippen LogP contribution in [0, 0.1) is 25.7 Å². The van der Waals surface area contributed by atoms with Crippen molar-refractivity contribution in [2.75, 3.05) is 31.2 Å². The molecular weight excluding hydrogens is 500 g/mol. The number of aryl methyl sites for hydroxylation is 2. The summed E-state index contributed by atoms with van der Waals surface area (Å²) in [5.74, 6) is -1.87. The number of likely N-dealkylation sites (tertiary alicyclic amines) is 1.